The molecule has 0 aliphatic heterocycles. The van der Waals surface area contributed by atoms with Crippen LogP contribution in [0.2, 0.25) is 10.0 Å². The van der Waals surface area contributed by atoms with Crippen molar-refractivity contribution in [2.45, 2.75) is 25.7 Å². The van der Waals surface area contributed by atoms with E-state index in [1.54, 1.807) is 18.2 Å². The Kier molecular flexibility index (Phi) is 3.67. The number of hydrogen-bond donors (Lipinski definition) is 0. The van der Waals surface area contributed by atoms with E-state index in [4.69, 9.17) is 23.2 Å². The zero-order chi connectivity index (χ0) is 11.5. The third-order valence-electron chi connectivity index (χ3n) is 2.77. The Bertz CT molecular complexity index is 429. The van der Waals surface area contributed by atoms with Gasteiger partial charge in [-0.1, -0.05) is 35.3 Å². The van der Waals surface area contributed by atoms with E-state index in [0.717, 1.165) is 31.3 Å². The van der Waals surface area contributed by atoms with E-state index in [-0.39, 0.29) is 5.78 Å². The maximum Gasteiger partial charge on any atom is 0.191 e. The molecule has 0 spiro atoms. The summed E-state index contributed by atoms with van der Waals surface area (Å²) in [6.45, 7) is 0. The summed E-state index contributed by atoms with van der Waals surface area (Å²) in [4.78, 5) is 12.2. The lowest BCUT2D eigenvalue weighted by molar-refractivity contribution is 0.102. The maximum atomic E-state index is 12.2. The van der Waals surface area contributed by atoms with Crippen LogP contribution < -0.4 is 0 Å². The highest BCUT2D eigenvalue weighted by Crippen LogP contribution is 2.29. The zero-order valence-corrected chi connectivity index (χ0v) is 10.3. The molecular formula is C13H12Cl2O. The molecule has 16 heavy (non-hydrogen) atoms. The molecule has 0 unspecified atom stereocenters. The highest BCUT2D eigenvalue weighted by molar-refractivity contribution is 6.40. The van der Waals surface area contributed by atoms with E-state index in [0.29, 0.717) is 15.6 Å². The van der Waals surface area contributed by atoms with Crippen LogP contribution in [0.1, 0.15) is 36.0 Å². The van der Waals surface area contributed by atoms with Crippen molar-refractivity contribution in [2.24, 2.45) is 0 Å². The molecule has 0 N–H and O–H groups in total. The first kappa shape index (κ1) is 11.7. The zero-order valence-electron chi connectivity index (χ0n) is 8.80. The average molecular weight is 255 g/mol. The lowest BCUT2D eigenvalue weighted by atomic mass is 9.93. The summed E-state index contributed by atoms with van der Waals surface area (Å²) in [7, 11) is 0. The van der Waals surface area contributed by atoms with Gasteiger partial charge in [0.2, 0.25) is 0 Å². The Labute approximate surface area is 105 Å². The fourth-order valence-corrected chi connectivity index (χ4v) is 2.49. The van der Waals surface area contributed by atoms with Crippen LogP contribution in [0.3, 0.4) is 0 Å². The molecule has 1 aliphatic rings. The van der Waals surface area contributed by atoms with Crippen molar-refractivity contribution in [3.8, 4) is 0 Å². The fraction of sp³-hybridized carbons (Fsp3) is 0.308. The molecule has 0 radical (unpaired) electrons. The molecule has 1 aromatic rings. The van der Waals surface area contributed by atoms with E-state index >= 15 is 0 Å². The van der Waals surface area contributed by atoms with Crippen LogP contribution in [0.4, 0.5) is 0 Å². The number of halogens is 2. The van der Waals surface area contributed by atoms with Crippen molar-refractivity contribution in [1.29, 1.82) is 0 Å². The van der Waals surface area contributed by atoms with E-state index in [9.17, 15) is 4.79 Å². The van der Waals surface area contributed by atoms with Crippen molar-refractivity contribution in [3.05, 3.63) is 45.5 Å². The predicted molar refractivity (Wildman–Crippen MR) is 67.3 cm³/mol. The van der Waals surface area contributed by atoms with Gasteiger partial charge in [0.25, 0.3) is 0 Å². The molecule has 0 aromatic heterocycles. The van der Waals surface area contributed by atoms with Gasteiger partial charge in [0.15, 0.2) is 5.78 Å². The van der Waals surface area contributed by atoms with Crippen LogP contribution in [-0.2, 0) is 0 Å². The van der Waals surface area contributed by atoms with E-state index in [1.807, 2.05) is 6.08 Å². The molecular weight excluding hydrogens is 243 g/mol. The molecule has 0 amide bonds. The molecule has 1 aliphatic carbocycles. The number of carbonyl (C=O) groups excluding carboxylic acids is 1. The van der Waals surface area contributed by atoms with E-state index in [2.05, 4.69) is 0 Å². The summed E-state index contributed by atoms with van der Waals surface area (Å²) in [6, 6.07) is 5.14. The van der Waals surface area contributed by atoms with Gasteiger partial charge in [-0.25, -0.2) is 0 Å². The first-order valence-electron chi connectivity index (χ1n) is 5.38. The second-order valence-corrected chi connectivity index (χ2v) is 4.72. The number of rotatable bonds is 2. The SMILES string of the molecule is O=C(C1=CCCCC1)c1c(Cl)cccc1Cl. The first-order chi connectivity index (χ1) is 7.70. The van der Waals surface area contributed by atoms with Crippen LogP contribution in [-0.4, -0.2) is 5.78 Å². The first-order valence-corrected chi connectivity index (χ1v) is 6.13. The van der Waals surface area contributed by atoms with E-state index < -0.39 is 0 Å². The Balaban J connectivity index is 2.37. The van der Waals surface area contributed by atoms with Gasteiger partial charge >= 0.3 is 0 Å². The predicted octanol–water partition coefficient (Wildman–Crippen LogP) is 4.68. The molecule has 1 aromatic carbocycles. The van der Waals surface area contributed by atoms with Crippen molar-refractivity contribution < 1.29 is 4.79 Å². The van der Waals surface area contributed by atoms with Gasteiger partial charge in [-0.15, -0.1) is 0 Å². The molecule has 0 bridgehead atoms. The van der Waals surface area contributed by atoms with Gasteiger partial charge in [-0.3, -0.25) is 4.79 Å². The Hall–Kier alpha value is -0.790. The summed E-state index contributed by atoms with van der Waals surface area (Å²) in [6.07, 6.45) is 6.04. The second kappa shape index (κ2) is 5.03. The number of Topliss-reactive ketones (excluding diaryl/α,β-unsaturated/α-hetero) is 1. The van der Waals surface area contributed by atoms with Crippen LogP contribution in [0.15, 0.2) is 29.8 Å². The maximum absolute atomic E-state index is 12.2. The number of benzene rings is 1. The lowest BCUT2D eigenvalue weighted by Crippen LogP contribution is -2.07. The summed E-state index contributed by atoms with van der Waals surface area (Å²) in [5.41, 5.74) is 1.29. The number of hydrogen-bond acceptors (Lipinski definition) is 1. The topological polar surface area (TPSA) is 17.1 Å². The lowest BCUT2D eigenvalue weighted by Gasteiger charge is -2.13. The monoisotopic (exact) mass is 254 g/mol. The normalized spacial score (nSPS) is 15.8. The second-order valence-electron chi connectivity index (χ2n) is 3.90. The van der Waals surface area contributed by atoms with Crippen LogP contribution in [0.5, 0.6) is 0 Å². The Morgan fingerprint density at radius 2 is 1.81 bits per heavy atom. The van der Waals surface area contributed by atoms with Crippen molar-refractivity contribution in [2.75, 3.05) is 0 Å². The molecule has 2 rings (SSSR count). The minimum Gasteiger partial charge on any atom is -0.289 e. The van der Waals surface area contributed by atoms with Gasteiger partial charge in [0, 0.05) is 0 Å². The molecule has 0 atom stereocenters. The smallest absolute Gasteiger partial charge is 0.191 e. The summed E-state index contributed by atoms with van der Waals surface area (Å²) in [5, 5.41) is 0.868. The summed E-state index contributed by atoms with van der Waals surface area (Å²) < 4.78 is 0. The summed E-state index contributed by atoms with van der Waals surface area (Å²) in [5.74, 6) is -0.0182. The van der Waals surface area contributed by atoms with Gasteiger partial charge < -0.3 is 0 Å². The largest absolute Gasteiger partial charge is 0.289 e. The highest BCUT2D eigenvalue weighted by atomic mass is 35.5. The number of ketones is 1. The average Bonchev–Trinajstić information content (AvgIpc) is 2.30. The van der Waals surface area contributed by atoms with Gasteiger partial charge in [0.05, 0.1) is 15.6 Å². The quantitative estimate of drug-likeness (QED) is 0.701. The van der Waals surface area contributed by atoms with Crippen molar-refractivity contribution in [3.63, 3.8) is 0 Å². The molecule has 84 valence electrons. The molecule has 0 saturated heterocycles. The number of carbonyl (C=O) groups is 1. The third-order valence-corrected chi connectivity index (χ3v) is 3.40. The van der Waals surface area contributed by atoms with Crippen LogP contribution in [0, 0.1) is 0 Å². The molecule has 0 fully saturated rings. The third kappa shape index (κ3) is 2.31. The van der Waals surface area contributed by atoms with E-state index in [1.165, 1.54) is 0 Å². The minimum absolute atomic E-state index is 0.0182. The molecule has 1 nitrogen and oxygen atoms in total. The molecule has 0 saturated carbocycles. The van der Waals surface area contributed by atoms with Crippen LogP contribution >= 0.6 is 23.2 Å². The van der Waals surface area contributed by atoms with Crippen molar-refractivity contribution >= 4 is 29.0 Å². The fourth-order valence-electron chi connectivity index (χ4n) is 1.92. The molecule has 0 heterocycles. The Morgan fingerprint density at radius 1 is 1.12 bits per heavy atom. The standard InChI is InChI=1S/C13H12Cl2O/c14-10-7-4-8-11(15)12(10)13(16)9-5-2-1-3-6-9/h4-5,7-8H,1-3,6H2. The Morgan fingerprint density at radius 3 is 2.38 bits per heavy atom. The number of allylic oxidation sites excluding steroid dienone is 2. The summed E-state index contributed by atoms with van der Waals surface area (Å²) >= 11 is 12.0. The van der Waals surface area contributed by atoms with Gasteiger partial charge in [-0.2, -0.15) is 0 Å². The van der Waals surface area contributed by atoms with Gasteiger partial charge in [0.1, 0.15) is 0 Å². The van der Waals surface area contributed by atoms with Crippen molar-refractivity contribution in [1.82, 2.24) is 0 Å². The minimum atomic E-state index is -0.0182. The highest BCUT2D eigenvalue weighted by Gasteiger charge is 2.19. The van der Waals surface area contributed by atoms with Gasteiger partial charge in [-0.05, 0) is 43.4 Å². The molecule has 3 heteroatoms. The van der Waals surface area contributed by atoms with Crippen LogP contribution in [0.25, 0.3) is 0 Å².